The summed E-state index contributed by atoms with van der Waals surface area (Å²) < 4.78 is 14.7. The second-order valence-corrected chi connectivity index (χ2v) is 3.57. The average Bonchev–Trinajstić information content (AvgIpc) is 2.89. The van der Waals surface area contributed by atoms with Crippen LogP contribution in [0, 0.1) is 11.3 Å². The van der Waals surface area contributed by atoms with Crippen LogP contribution in [-0.2, 0) is 9.53 Å². The number of nitriles is 1. The molecular weight excluding hydrogens is 252 g/mol. The number of hydrogen-bond donors (Lipinski definition) is 1. The highest BCUT2D eigenvalue weighted by molar-refractivity contribution is 5.96. The van der Waals surface area contributed by atoms with Crippen molar-refractivity contribution in [2.24, 2.45) is 0 Å². The maximum absolute atomic E-state index is 11.7. The summed E-state index contributed by atoms with van der Waals surface area (Å²) in [5.74, 6) is -0.0486. The van der Waals surface area contributed by atoms with Gasteiger partial charge < -0.3 is 19.5 Å². The van der Waals surface area contributed by atoms with Crippen molar-refractivity contribution in [1.29, 1.82) is 5.26 Å². The number of hydrogen-bond acceptors (Lipinski definition) is 6. The van der Waals surface area contributed by atoms with Crippen LogP contribution in [-0.4, -0.2) is 31.8 Å². The molecule has 1 aromatic rings. The highest BCUT2D eigenvalue weighted by atomic mass is 16.7. The van der Waals surface area contributed by atoms with Crippen molar-refractivity contribution < 1.29 is 23.8 Å². The zero-order valence-electron chi connectivity index (χ0n) is 9.84. The van der Waals surface area contributed by atoms with E-state index in [1.54, 1.807) is 18.2 Å². The molecule has 0 saturated carbocycles. The van der Waals surface area contributed by atoms with E-state index in [1.165, 1.54) is 6.07 Å². The van der Waals surface area contributed by atoms with E-state index in [2.05, 4.69) is 10.1 Å². The van der Waals surface area contributed by atoms with Gasteiger partial charge in [0.1, 0.15) is 12.6 Å². The number of carbonyl (C=O) groups is 2. The third kappa shape index (κ3) is 3.13. The molecule has 0 radical (unpaired) electrons. The minimum absolute atomic E-state index is 0.126. The molecule has 98 valence electrons. The third-order valence-corrected chi connectivity index (χ3v) is 2.33. The fourth-order valence-corrected chi connectivity index (χ4v) is 1.46. The predicted octanol–water partition coefficient (Wildman–Crippen LogP) is 0.212. The lowest BCUT2D eigenvalue weighted by Crippen LogP contribution is -2.30. The fraction of sp³-hybridized carbons (Fsp3) is 0.250. The van der Waals surface area contributed by atoms with E-state index in [4.69, 9.17) is 14.7 Å². The molecule has 0 saturated heterocycles. The molecule has 0 aliphatic carbocycles. The van der Waals surface area contributed by atoms with Gasteiger partial charge in [-0.05, 0) is 18.2 Å². The van der Waals surface area contributed by atoms with Crippen LogP contribution < -0.4 is 14.8 Å². The number of amides is 1. The van der Waals surface area contributed by atoms with Gasteiger partial charge in [0.15, 0.2) is 18.1 Å². The number of benzene rings is 1. The van der Waals surface area contributed by atoms with E-state index in [9.17, 15) is 9.59 Å². The van der Waals surface area contributed by atoms with Gasteiger partial charge in [-0.15, -0.1) is 0 Å². The molecule has 2 rings (SSSR count). The summed E-state index contributed by atoms with van der Waals surface area (Å²) in [5, 5.41) is 10.6. The standard InChI is InChI=1S/C12H10N2O5/c13-3-4-17-11(15)6-14-12(16)8-1-2-9-10(5-8)19-7-18-9/h1-2,5H,4,6-7H2,(H,14,16). The van der Waals surface area contributed by atoms with E-state index < -0.39 is 11.9 Å². The summed E-state index contributed by atoms with van der Waals surface area (Å²) in [4.78, 5) is 22.8. The lowest BCUT2D eigenvalue weighted by molar-refractivity contribution is -0.140. The van der Waals surface area contributed by atoms with Gasteiger partial charge in [0.25, 0.3) is 5.91 Å². The van der Waals surface area contributed by atoms with Crippen molar-refractivity contribution >= 4 is 11.9 Å². The quantitative estimate of drug-likeness (QED) is 0.779. The lowest BCUT2D eigenvalue weighted by Gasteiger charge is -2.05. The highest BCUT2D eigenvalue weighted by Crippen LogP contribution is 2.32. The topological polar surface area (TPSA) is 97.7 Å². The van der Waals surface area contributed by atoms with Crippen LogP contribution in [0.5, 0.6) is 11.5 Å². The van der Waals surface area contributed by atoms with Gasteiger partial charge >= 0.3 is 5.97 Å². The van der Waals surface area contributed by atoms with E-state index in [-0.39, 0.29) is 19.9 Å². The van der Waals surface area contributed by atoms with Gasteiger partial charge in [0, 0.05) is 5.56 Å². The highest BCUT2D eigenvalue weighted by Gasteiger charge is 2.16. The zero-order valence-corrected chi connectivity index (χ0v) is 9.84. The van der Waals surface area contributed by atoms with Crippen LogP contribution >= 0.6 is 0 Å². The first-order valence-electron chi connectivity index (χ1n) is 5.41. The molecule has 1 aliphatic heterocycles. The Bertz CT molecular complexity index is 550. The Morgan fingerprint density at radius 2 is 2.16 bits per heavy atom. The van der Waals surface area contributed by atoms with Crippen molar-refractivity contribution in [2.45, 2.75) is 0 Å². The number of carbonyl (C=O) groups excluding carboxylic acids is 2. The molecule has 1 N–H and O–H groups in total. The minimum Gasteiger partial charge on any atom is -0.454 e. The molecule has 0 atom stereocenters. The van der Waals surface area contributed by atoms with E-state index in [0.717, 1.165) is 0 Å². The summed E-state index contributed by atoms with van der Waals surface area (Å²) in [7, 11) is 0. The number of fused-ring (bicyclic) bond motifs is 1. The molecule has 0 spiro atoms. The number of rotatable bonds is 4. The van der Waals surface area contributed by atoms with Crippen molar-refractivity contribution in [3.05, 3.63) is 23.8 Å². The smallest absolute Gasteiger partial charge is 0.326 e. The van der Waals surface area contributed by atoms with Crippen LogP contribution in [0.1, 0.15) is 10.4 Å². The lowest BCUT2D eigenvalue weighted by atomic mass is 10.2. The first-order chi connectivity index (χ1) is 9.20. The number of nitrogens with one attached hydrogen (secondary N) is 1. The van der Waals surface area contributed by atoms with Crippen LogP contribution in [0.4, 0.5) is 0 Å². The Hall–Kier alpha value is -2.75. The maximum Gasteiger partial charge on any atom is 0.326 e. The summed E-state index contributed by atoms with van der Waals surface area (Å²) in [6.07, 6.45) is 0. The van der Waals surface area contributed by atoms with E-state index in [0.29, 0.717) is 17.1 Å². The third-order valence-electron chi connectivity index (χ3n) is 2.33. The Morgan fingerprint density at radius 1 is 1.37 bits per heavy atom. The molecule has 7 heteroatoms. The molecule has 0 fully saturated rings. The first-order valence-corrected chi connectivity index (χ1v) is 5.41. The number of nitrogens with zero attached hydrogens (tertiary/aromatic N) is 1. The molecule has 19 heavy (non-hydrogen) atoms. The molecule has 1 aliphatic rings. The van der Waals surface area contributed by atoms with Crippen LogP contribution in [0.25, 0.3) is 0 Å². The fourth-order valence-electron chi connectivity index (χ4n) is 1.46. The molecule has 1 aromatic carbocycles. The molecule has 0 unspecified atom stereocenters. The van der Waals surface area contributed by atoms with Crippen LogP contribution in [0.2, 0.25) is 0 Å². The van der Waals surface area contributed by atoms with E-state index in [1.807, 2.05) is 0 Å². The second-order valence-electron chi connectivity index (χ2n) is 3.57. The summed E-state index contributed by atoms with van der Waals surface area (Å²) in [6.45, 7) is -0.505. The molecular formula is C12H10N2O5. The van der Waals surface area contributed by atoms with E-state index >= 15 is 0 Å². The zero-order chi connectivity index (χ0) is 13.7. The van der Waals surface area contributed by atoms with Gasteiger partial charge in [-0.2, -0.15) is 5.26 Å². The number of esters is 1. The molecule has 0 bridgehead atoms. The van der Waals surface area contributed by atoms with Gasteiger partial charge in [-0.25, -0.2) is 0 Å². The van der Waals surface area contributed by atoms with Gasteiger partial charge in [0.2, 0.25) is 6.79 Å². The Labute approximate surface area is 108 Å². The molecule has 7 nitrogen and oxygen atoms in total. The summed E-state index contributed by atoms with van der Waals surface area (Å²) in [5.41, 5.74) is 0.345. The Morgan fingerprint density at radius 3 is 2.95 bits per heavy atom. The van der Waals surface area contributed by atoms with Crippen LogP contribution in [0.15, 0.2) is 18.2 Å². The van der Waals surface area contributed by atoms with Crippen molar-refractivity contribution in [3.8, 4) is 17.6 Å². The molecule has 1 amide bonds. The average molecular weight is 262 g/mol. The SMILES string of the molecule is N#CCOC(=O)CNC(=O)c1ccc2c(c1)OCO2. The maximum atomic E-state index is 11.7. The number of ether oxygens (including phenoxy) is 3. The summed E-state index contributed by atoms with van der Waals surface area (Å²) in [6, 6.07) is 6.36. The Kier molecular flexibility index (Phi) is 3.83. The van der Waals surface area contributed by atoms with Crippen molar-refractivity contribution in [1.82, 2.24) is 5.32 Å². The van der Waals surface area contributed by atoms with Gasteiger partial charge in [-0.1, -0.05) is 0 Å². The minimum atomic E-state index is -0.671. The largest absolute Gasteiger partial charge is 0.454 e. The Balaban J connectivity index is 1.90. The second kappa shape index (κ2) is 5.73. The monoisotopic (exact) mass is 262 g/mol. The molecule has 0 aromatic heterocycles. The van der Waals surface area contributed by atoms with Crippen molar-refractivity contribution in [3.63, 3.8) is 0 Å². The van der Waals surface area contributed by atoms with Crippen LogP contribution in [0.3, 0.4) is 0 Å². The predicted molar refractivity (Wildman–Crippen MR) is 61.5 cm³/mol. The van der Waals surface area contributed by atoms with Gasteiger partial charge in [-0.3, -0.25) is 9.59 Å². The molecule has 1 heterocycles. The van der Waals surface area contributed by atoms with Gasteiger partial charge in [0.05, 0.1) is 0 Å². The van der Waals surface area contributed by atoms with Crippen molar-refractivity contribution in [2.75, 3.05) is 19.9 Å². The summed E-state index contributed by atoms with van der Waals surface area (Å²) >= 11 is 0. The first kappa shape index (κ1) is 12.7. The normalized spacial score (nSPS) is 11.5.